The van der Waals surface area contributed by atoms with Gasteiger partial charge in [-0.3, -0.25) is 4.79 Å². The van der Waals surface area contributed by atoms with Crippen LogP contribution in [0.15, 0.2) is 18.2 Å². The molecule has 1 aromatic rings. The molecule has 1 atom stereocenters. The number of benzene rings is 1. The third kappa shape index (κ3) is 2.98. The third-order valence-electron chi connectivity index (χ3n) is 4.21. The quantitative estimate of drug-likeness (QED) is 0.904. The summed E-state index contributed by atoms with van der Waals surface area (Å²) in [6.07, 6.45) is 4.27. The molecular weight excluding hydrogens is 236 g/mol. The van der Waals surface area contributed by atoms with Crippen LogP contribution in [0.3, 0.4) is 0 Å². The van der Waals surface area contributed by atoms with E-state index in [1.165, 1.54) is 5.56 Å². The van der Waals surface area contributed by atoms with Gasteiger partial charge in [-0.05, 0) is 63.3 Å². The number of carbonyl (C=O) groups excluding carboxylic acids is 1. The van der Waals surface area contributed by atoms with Gasteiger partial charge in [0.2, 0.25) is 0 Å². The minimum Gasteiger partial charge on any atom is -0.336 e. The molecule has 1 saturated heterocycles. The smallest absolute Gasteiger partial charge is 0.254 e. The number of amides is 1. The minimum atomic E-state index is 0.195. The van der Waals surface area contributed by atoms with Gasteiger partial charge in [-0.2, -0.15) is 0 Å². The summed E-state index contributed by atoms with van der Waals surface area (Å²) in [5.74, 6) is 0.195. The highest BCUT2D eigenvalue weighted by molar-refractivity contribution is 5.96. The Morgan fingerprint density at radius 3 is 2.95 bits per heavy atom. The zero-order valence-electron chi connectivity index (χ0n) is 12.0. The van der Waals surface area contributed by atoms with E-state index < -0.39 is 0 Å². The predicted molar refractivity (Wildman–Crippen MR) is 78.3 cm³/mol. The molecule has 3 heteroatoms. The maximum atomic E-state index is 12.7. The molecule has 1 aliphatic rings. The fraction of sp³-hybridized carbons (Fsp3) is 0.562. The van der Waals surface area contributed by atoms with Crippen LogP contribution in [0.4, 0.5) is 0 Å². The van der Waals surface area contributed by atoms with E-state index in [0.717, 1.165) is 43.4 Å². The summed E-state index contributed by atoms with van der Waals surface area (Å²) in [7, 11) is 0. The molecule has 3 nitrogen and oxygen atoms in total. The fourth-order valence-electron chi connectivity index (χ4n) is 2.89. The Hall–Kier alpha value is -1.35. The summed E-state index contributed by atoms with van der Waals surface area (Å²) in [5, 5.41) is 0. The third-order valence-corrected chi connectivity index (χ3v) is 4.21. The Morgan fingerprint density at radius 1 is 1.42 bits per heavy atom. The molecule has 0 aliphatic carbocycles. The van der Waals surface area contributed by atoms with E-state index in [1.54, 1.807) is 0 Å². The first-order valence-electron chi connectivity index (χ1n) is 7.22. The fourth-order valence-corrected chi connectivity index (χ4v) is 2.89. The lowest BCUT2D eigenvalue weighted by Gasteiger charge is -2.25. The maximum Gasteiger partial charge on any atom is 0.254 e. The van der Waals surface area contributed by atoms with Crippen LogP contribution in [-0.2, 0) is 0 Å². The van der Waals surface area contributed by atoms with E-state index in [2.05, 4.69) is 17.9 Å². The van der Waals surface area contributed by atoms with E-state index in [9.17, 15) is 4.79 Å². The van der Waals surface area contributed by atoms with Crippen LogP contribution in [0.1, 0.15) is 47.2 Å². The highest BCUT2D eigenvalue weighted by Gasteiger charge is 2.29. The lowest BCUT2D eigenvalue weighted by Crippen LogP contribution is -2.36. The highest BCUT2D eigenvalue weighted by atomic mass is 16.2. The zero-order chi connectivity index (χ0) is 13.8. The second-order valence-corrected chi connectivity index (χ2v) is 5.47. The van der Waals surface area contributed by atoms with Crippen LogP contribution >= 0.6 is 0 Å². The van der Waals surface area contributed by atoms with Crippen molar-refractivity contribution in [3.63, 3.8) is 0 Å². The largest absolute Gasteiger partial charge is 0.336 e. The first-order chi connectivity index (χ1) is 9.15. The zero-order valence-corrected chi connectivity index (χ0v) is 12.0. The molecule has 1 amide bonds. The lowest BCUT2D eigenvalue weighted by atomic mass is 10.0. The Kier molecular flexibility index (Phi) is 4.59. The van der Waals surface area contributed by atoms with Gasteiger partial charge in [-0.1, -0.05) is 12.1 Å². The van der Waals surface area contributed by atoms with Crippen molar-refractivity contribution in [2.75, 3.05) is 13.1 Å². The number of hydrogen-bond donors (Lipinski definition) is 1. The molecule has 1 aliphatic heterocycles. The van der Waals surface area contributed by atoms with Crippen LogP contribution in [0.2, 0.25) is 0 Å². The molecular formula is C16H24N2O. The van der Waals surface area contributed by atoms with Crippen molar-refractivity contribution >= 4 is 5.91 Å². The molecule has 2 rings (SSSR count). The number of likely N-dealkylation sites (tertiary alicyclic amines) is 1. The summed E-state index contributed by atoms with van der Waals surface area (Å²) in [4.78, 5) is 14.7. The first kappa shape index (κ1) is 14.1. The van der Waals surface area contributed by atoms with Gasteiger partial charge in [0.15, 0.2) is 0 Å². The number of aryl methyl sites for hydroxylation is 1. The van der Waals surface area contributed by atoms with Crippen molar-refractivity contribution in [2.24, 2.45) is 5.73 Å². The monoisotopic (exact) mass is 260 g/mol. The van der Waals surface area contributed by atoms with Gasteiger partial charge < -0.3 is 10.6 Å². The number of nitrogens with two attached hydrogens (primary N) is 1. The van der Waals surface area contributed by atoms with Crippen LogP contribution < -0.4 is 5.73 Å². The Balaban J connectivity index is 2.16. The first-order valence-corrected chi connectivity index (χ1v) is 7.22. The van der Waals surface area contributed by atoms with E-state index in [-0.39, 0.29) is 5.91 Å². The minimum absolute atomic E-state index is 0.195. The average molecular weight is 260 g/mol. The molecule has 0 saturated carbocycles. The average Bonchev–Trinajstić information content (AvgIpc) is 2.87. The standard InChI is InChI=1S/C16H24N2O/c1-12-6-3-9-15(13(12)2)16(19)18-11-5-8-14(18)7-4-10-17/h3,6,9,14H,4-5,7-8,10-11,17H2,1-2H3. The molecule has 0 bridgehead atoms. The van der Waals surface area contributed by atoms with Crippen LogP contribution in [0.25, 0.3) is 0 Å². The predicted octanol–water partition coefficient (Wildman–Crippen LogP) is 2.65. The van der Waals surface area contributed by atoms with Gasteiger partial charge in [0.25, 0.3) is 5.91 Å². The topological polar surface area (TPSA) is 46.3 Å². The molecule has 1 aromatic carbocycles. The molecule has 104 valence electrons. The highest BCUT2D eigenvalue weighted by Crippen LogP contribution is 2.25. The maximum absolute atomic E-state index is 12.7. The Morgan fingerprint density at radius 2 is 2.21 bits per heavy atom. The molecule has 1 heterocycles. The number of carbonyl (C=O) groups is 1. The number of hydrogen-bond acceptors (Lipinski definition) is 2. The molecule has 0 aromatic heterocycles. The normalized spacial score (nSPS) is 18.9. The lowest BCUT2D eigenvalue weighted by molar-refractivity contribution is 0.0728. The van der Waals surface area contributed by atoms with E-state index >= 15 is 0 Å². The summed E-state index contributed by atoms with van der Waals surface area (Å²) in [6, 6.07) is 6.36. The molecule has 2 N–H and O–H groups in total. The van der Waals surface area contributed by atoms with Gasteiger partial charge >= 0.3 is 0 Å². The van der Waals surface area contributed by atoms with Gasteiger partial charge in [-0.25, -0.2) is 0 Å². The van der Waals surface area contributed by atoms with E-state index in [0.29, 0.717) is 12.6 Å². The second-order valence-electron chi connectivity index (χ2n) is 5.47. The molecule has 19 heavy (non-hydrogen) atoms. The molecule has 1 fully saturated rings. The summed E-state index contributed by atoms with van der Waals surface area (Å²) < 4.78 is 0. The number of nitrogens with zero attached hydrogens (tertiary/aromatic N) is 1. The summed E-state index contributed by atoms with van der Waals surface area (Å²) in [5.41, 5.74) is 8.73. The molecule has 0 radical (unpaired) electrons. The van der Waals surface area contributed by atoms with Gasteiger partial charge in [-0.15, -0.1) is 0 Å². The van der Waals surface area contributed by atoms with Gasteiger partial charge in [0, 0.05) is 18.2 Å². The SMILES string of the molecule is Cc1cccc(C(=O)N2CCCC2CCCN)c1C. The Labute approximate surface area is 115 Å². The van der Waals surface area contributed by atoms with Crippen molar-refractivity contribution in [1.29, 1.82) is 0 Å². The van der Waals surface area contributed by atoms with Crippen molar-refractivity contribution in [1.82, 2.24) is 4.90 Å². The van der Waals surface area contributed by atoms with Gasteiger partial charge in [0.05, 0.1) is 0 Å². The van der Waals surface area contributed by atoms with Crippen LogP contribution in [0.5, 0.6) is 0 Å². The summed E-state index contributed by atoms with van der Waals surface area (Å²) >= 11 is 0. The van der Waals surface area contributed by atoms with Crippen molar-refractivity contribution in [3.05, 3.63) is 34.9 Å². The van der Waals surface area contributed by atoms with Crippen LogP contribution in [0, 0.1) is 13.8 Å². The van der Waals surface area contributed by atoms with E-state index in [4.69, 9.17) is 5.73 Å². The van der Waals surface area contributed by atoms with E-state index in [1.807, 2.05) is 19.1 Å². The number of rotatable bonds is 4. The van der Waals surface area contributed by atoms with Crippen molar-refractivity contribution in [2.45, 2.75) is 45.6 Å². The molecule has 1 unspecified atom stereocenters. The van der Waals surface area contributed by atoms with Crippen LogP contribution in [-0.4, -0.2) is 29.9 Å². The van der Waals surface area contributed by atoms with Crippen molar-refractivity contribution < 1.29 is 4.79 Å². The summed E-state index contributed by atoms with van der Waals surface area (Å²) in [6.45, 7) is 5.69. The second kappa shape index (κ2) is 6.20. The Bertz CT molecular complexity index is 456. The van der Waals surface area contributed by atoms with Crippen molar-refractivity contribution in [3.8, 4) is 0 Å². The van der Waals surface area contributed by atoms with Gasteiger partial charge in [0.1, 0.15) is 0 Å². The molecule has 0 spiro atoms.